The van der Waals surface area contributed by atoms with Gasteiger partial charge in [0.25, 0.3) is 0 Å². The summed E-state index contributed by atoms with van der Waals surface area (Å²) < 4.78 is 6.37. The molecule has 1 atom stereocenters. The topological polar surface area (TPSA) is 21.3 Å². The Balaban J connectivity index is 2.67. The van der Waals surface area contributed by atoms with Gasteiger partial charge in [0.2, 0.25) is 0 Å². The van der Waals surface area contributed by atoms with E-state index in [4.69, 9.17) is 4.74 Å². The number of benzene rings is 1. The van der Waals surface area contributed by atoms with Crippen LogP contribution in [-0.2, 0) is 6.54 Å². The Kier molecular flexibility index (Phi) is 5.12. The molecule has 1 N–H and O–H groups in total. The van der Waals surface area contributed by atoms with E-state index >= 15 is 0 Å². The van der Waals surface area contributed by atoms with Gasteiger partial charge in [-0.15, -0.1) is 0 Å². The standard InChI is InChI=1S/C12H18BrNO/c1-4-9(2)14-8-10-5-6-11(13)7-12(10)15-3/h5-7,9,14H,4,8H2,1-3H3. The molecule has 2 nitrogen and oxygen atoms in total. The van der Waals surface area contributed by atoms with Gasteiger partial charge >= 0.3 is 0 Å². The molecular weight excluding hydrogens is 254 g/mol. The van der Waals surface area contributed by atoms with E-state index < -0.39 is 0 Å². The van der Waals surface area contributed by atoms with Crippen molar-refractivity contribution in [2.24, 2.45) is 0 Å². The van der Waals surface area contributed by atoms with Gasteiger partial charge < -0.3 is 10.1 Å². The Labute approximate surface area is 100 Å². The smallest absolute Gasteiger partial charge is 0.124 e. The fraction of sp³-hybridized carbons (Fsp3) is 0.500. The Hall–Kier alpha value is -0.540. The molecule has 84 valence electrons. The minimum absolute atomic E-state index is 0.540. The fourth-order valence-corrected chi connectivity index (χ4v) is 1.63. The van der Waals surface area contributed by atoms with E-state index in [-0.39, 0.29) is 0 Å². The molecule has 0 saturated heterocycles. The molecule has 0 amide bonds. The lowest BCUT2D eigenvalue weighted by Gasteiger charge is -2.13. The van der Waals surface area contributed by atoms with Crippen LogP contribution in [-0.4, -0.2) is 13.2 Å². The average molecular weight is 272 g/mol. The highest BCUT2D eigenvalue weighted by atomic mass is 79.9. The highest BCUT2D eigenvalue weighted by Crippen LogP contribution is 2.23. The summed E-state index contributed by atoms with van der Waals surface area (Å²) in [6, 6.07) is 6.65. The minimum atomic E-state index is 0.540. The van der Waals surface area contributed by atoms with Crippen molar-refractivity contribution in [3.05, 3.63) is 28.2 Å². The second-order valence-electron chi connectivity index (χ2n) is 3.65. The number of nitrogens with one attached hydrogen (secondary N) is 1. The van der Waals surface area contributed by atoms with Gasteiger partial charge in [-0.1, -0.05) is 28.9 Å². The maximum Gasteiger partial charge on any atom is 0.124 e. The van der Waals surface area contributed by atoms with Crippen LogP contribution in [0.5, 0.6) is 5.75 Å². The van der Waals surface area contributed by atoms with Gasteiger partial charge in [-0.05, 0) is 25.5 Å². The summed E-state index contributed by atoms with van der Waals surface area (Å²) in [6.45, 7) is 5.22. The van der Waals surface area contributed by atoms with Gasteiger partial charge in [-0.3, -0.25) is 0 Å². The van der Waals surface area contributed by atoms with Crippen LogP contribution in [0.25, 0.3) is 0 Å². The summed E-state index contributed by atoms with van der Waals surface area (Å²) in [5.41, 5.74) is 1.20. The first-order valence-corrected chi connectivity index (χ1v) is 6.02. The van der Waals surface area contributed by atoms with E-state index in [0.29, 0.717) is 6.04 Å². The number of hydrogen-bond donors (Lipinski definition) is 1. The number of halogens is 1. The van der Waals surface area contributed by atoms with Crippen molar-refractivity contribution in [1.29, 1.82) is 0 Å². The lowest BCUT2D eigenvalue weighted by Crippen LogP contribution is -2.24. The van der Waals surface area contributed by atoms with Crippen LogP contribution >= 0.6 is 15.9 Å². The predicted octanol–water partition coefficient (Wildman–Crippen LogP) is 3.35. The molecule has 15 heavy (non-hydrogen) atoms. The monoisotopic (exact) mass is 271 g/mol. The first kappa shape index (κ1) is 12.5. The van der Waals surface area contributed by atoms with Crippen molar-refractivity contribution < 1.29 is 4.74 Å². The summed E-state index contributed by atoms with van der Waals surface area (Å²) >= 11 is 3.43. The molecule has 0 bridgehead atoms. The Morgan fingerprint density at radius 3 is 2.80 bits per heavy atom. The van der Waals surface area contributed by atoms with E-state index in [0.717, 1.165) is 23.2 Å². The van der Waals surface area contributed by atoms with Crippen LogP contribution in [0.3, 0.4) is 0 Å². The summed E-state index contributed by atoms with van der Waals surface area (Å²) in [5.74, 6) is 0.931. The van der Waals surface area contributed by atoms with Gasteiger partial charge in [-0.2, -0.15) is 0 Å². The van der Waals surface area contributed by atoms with Gasteiger partial charge in [0.05, 0.1) is 7.11 Å². The summed E-state index contributed by atoms with van der Waals surface area (Å²) in [5, 5.41) is 3.45. The van der Waals surface area contributed by atoms with Gasteiger partial charge in [-0.25, -0.2) is 0 Å². The van der Waals surface area contributed by atoms with Crippen molar-refractivity contribution in [2.75, 3.05) is 7.11 Å². The fourth-order valence-electron chi connectivity index (χ4n) is 1.29. The summed E-state index contributed by atoms with van der Waals surface area (Å²) in [4.78, 5) is 0. The van der Waals surface area contributed by atoms with Gasteiger partial charge in [0.15, 0.2) is 0 Å². The number of hydrogen-bond acceptors (Lipinski definition) is 2. The quantitative estimate of drug-likeness (QED) is 0.887. The lowest BCUT2D eigenvalue weighted by atomic mass is 10.2. The third-order valence-corrected chi connectivity index (χ3v) is 3.00. The zero-order chi connectivity index (χ0) is 11.3. The molecule has 1 rings (SSSR count). The third-order valence-electron chi connectivity index (χ3n) is 2.50. The van der Waals surface area contributed by atoms with Gasteiger partial charge in [0.1, 0.15) is 5.75 Å². The number of methoxy groups -OCH3 is 1. The molecule has 0 fully saturated rings. The largest absolute Gasteiger partial charge is 0.496 e. The highest BCUT2D eigenvalue weighted by molar-refractivity contribution is 9.10. The molecule has 0 aliphatic rings. The Morgan fingerprint density at radius 1 is 1.47 bits per heavy atom. The van der Waals surface area contributed by atoms with Crippen LogP contribution < -0.4 is 10.1 Å². The molecular formula is C12H18BrNO. The second-order valence-corrected chi connectivity index (χ2v) is 4.56. The summed E-state index contributed by atoms with van der Waals surface area (Å²) in [7, 11) is 1.70. The minimum Gasteiger partial charge on any atom is -0.496 e. The van der Waals surface area contributed by atoms with E-state index in [2.05, 4.69) is 41.2 Å². The van der Waals surface area contributed by atoms with Crippen LogP contribution in [0.4, 0.5) is 0 Å². The second kappa shape index (κ2) is 6.13. The predicted molar refractivity (Wildman–Crippen MR) is 67.3 cm³/mol. The van der Waals surface area contributed by atoms with Crippen LogP contribution in [0.2, 0.25) is 0 Å². The first-order chi connectivity index (χ1) is 7.17. The average Bonchev–Trinajstić information content (AvgIpc) is 2.26. The summed E-state index contributed by atoms with van der Waals surface area (Å²) in [6.07, 6.45) is 1.14. The maximum absolute atomic E-state index is 5.32. The third kappa shape index (κ3) is 3.84. The lowest BCUT2D eigenvalue weighted by molar-refractivity contribution is 0.405. The molecule has 0 aliphatic carbocycles. The van der Waals surface area contributed by atoms with Crippen molar-refractivity contribution in [3.8, 4) is 5.75 Å². The molecule has 0 saturated carbocycles. The van der Waals surface area contributed by atoms with Crippen molar-refractivity contribution in [1.82, 2.24) is 5.32 Å². The Morgan fingerprint density at radius 2 is 2.20 bits per heavy atom. The van der Waals surface area contributed by atoms with Crippen molar-refractivity contribution in [2.45, 2.75) is 32.9 Å². The van der Waals surface area contributed by atoms with Crippen molar-refractivity contribution in [3.63, 3.8) is 0 Å². The normalized spacial score (nSPS) is 12.5. The van der Waals surface area contributed by atoms with E-state index in [1.807, 2.05) is 12.1 Å². The van der Waals surface area contributed by atoms with E-state index in [1.165, 1.54) is 5.56 Å². The van der Waals surface area contributed by atoms with E-state index in [1.54, 1.807) is 7.11 Å². The molecule has 0 spiro atoms. The number of rotatable bonds is 5. The van der Waals surface area contributed by atoms with E-state index in [9.17, 15) is 0 Å². The number of ether oxygens (including phenoxy) is 1. The molecule has 1 unspecified atom stereocenters. The van der Waals surface area contributed by atoms with Crippen LogP contribution in [0, 0.1) is 0 Å². The van der Waals surface area contributed by atoms with Crippen LogP contribution in [0.1, 0.15) is 25.8 Å². The molecule has 0 heterocycles. The zero-order valence-corrected chi connectivity index (χ0v) is 11.1. The van der Waals surface area contributed by atoms with Crippen LogP contribution in [0.15, 0.2) is 22.7 Å². The molecule has 1 aromatic rings. The highest BCUT2D eigenvalue weighted by Gasteiger charge is 2.04. The first-order valence-electron chi connectivity index (χ1n) is 5.23. The molecule has 0 radical (unpaired) electrons. The Bertz CT molecular complexity index is 314. The van der Waals surface area contributed by atoms with Gasteiger partial charge in [0, 0.05) is 22.6 Å². The van der Waals surface area contributed by atoms with Crippen molar-refractivity contribution >= 4 is 15.9 Å². The SMILES string of the molecule is CCC(C)NCc1ccc(Br)cc1OC. The molecule has 3 heteroatoms. The molecule has 1 aromatic carbocycles. The maximum atomic E-state index is 5.32. The molecule has 0 aromatic heterocycles. The molecule has 0 aliphatic heterocycles. The zero-order valence-electron chi connectivity index (χ0n) is 9.51.